The van der Waals surface area contributed by atoms with Crippen LogP contribution in [0.15, 0.2) is 53.8 Å². The third-order valence-corrected chi connectivity index (χ3v) is 5.85. The number of nitrogens with zero attached hydrogens (tertiary/aromatic N) is 4. The van der Waals surface area contributed by atoms with Gasteiger partial charge in [-0.2, -0.15) is 0 Å². The van der Waals surface area contributed by atoms with E-state index in [9.17, 15) is 4.79 Å². The first kappa shape index (κ1) is 17.9. The highest BCUT2D eigenvalue weighted by molar-refractivity contribution is 8.00. The lowest BCUT2D eigenvalue weighted by atomic mass is 10.1. The number of rotatable bonds is 5. The van der Waals surface area contributed by atoms with Crippen LogP contribution in [0.1, 0.15) is 26.2 Å². The number of hydrogen-bond acceptors (Lipinski definition) is 5. The van der Waals surface area contributed by atoms with E-state index >= 15 is 0 Å². The van der Waals surface area contributed by atoms with Crippen molar-refractivity contribution in [2.75, 3.05) is 23.3 Å². The zero-order valence-electron chi connectivity index (χ0n) is 15.3. The molecule has 4 rings (SSSR count). The number of aromatic nitrogens is 3. The van der Waals surface area contributed by atoms with Gasteiger partial charge in [-0.3, -0.25) is 9.20 Å². The molecule has 1 unspecified atom stereocenters. The molecule has 1 amide bonds. The van der Waals surface area contributed by atoms with Gasteiger partial charge in [0.1, 0.15) is 0 Å². The summed E-state index contributed by atoms with van der Waals surface area (Å²) in [5, 5.41) is 11.7. The molecule has 2 aromatic heterocycles. The van der Waals surface area contributed by atoms with Gasteiger partial charge in [-0.1, -0.05) is 17.8 Å². The maximum Gasteiger partial charge on any atom is 0.237 e. The normalized spacial score (nSPS) is 15.7. The maximum atomic E-state index is 12.6. The first-order valence-corrected chi connectivity index (χ1v) is 10.2. The second-order valence-corrected chi connectivity index (χ2v) is 8.06. The van der Waals surface area contributed by atoms with Crippen molar-refractivity contribution in [2.45, 2.75) is 36.6 Å². The Balaban J connectivity index is 1.38. The smallest absolute Gasteiger partial charge is 0.237 e. The van der Waals surface area contributed by atoms with Crippen molar-refractivity contribution in [3.63, 3.8) is 0 Å². The second-order valence-electron chi connectivity index (χ2n) is 6.76. The number of amides is 1. The molecule has 1 aliphatic rings. The van der Waals surface area contributed by atoms with E-state index in [4.69, 9.17) is 0 Å². The summed E-state index contributed by atoms with van der Waals surface area (Å²) in [4.78, 5) is 15.0. The Bertz CT molecular complexity index is 918. The van der Waals surface area contributed by atoms with Crippen LogP contribution in [0.5, 0.6) is 0 Å². The van der Waals surface area contributed by atoms with Gasteiger partial charge in [0.25, 0.3) is 0 Å². The van der Waals surface area contributed by atoms with Gasteiger partial charge in [0.05, 0.1) is 5.25 Å². The van der Waals surface area contributed by atoms with Crippen LogP contribution >= 0.6 is 11.8 Å². The molecule has 1 aromatic carbocycles. The molecule has 3 aromatic rings. The molecule has 1 N–H and O–H groups in total. The van der Waals surface area contributed by atoms with E-state index in [0.717, 1.165) is 24.4 Å². The average Bonchev–Trinajstić information content (AvgIpc) is 3.12. The maximum absolute atomic E-state index is 12.6. The highest BCUT2D eigenvalue weighted by atomic mass is 32.2. The Morgan fingerprint density at radius 3 is 2.63 bits per heavy atom. The third kappa shape index (κ3) is 4.08. The molecule has 1 atom stereocenters. The summed E-state index contributed by atoms with van der Waals surface area (Å²) in [5.74, 6) is -0.0431. The summed E-state index contributed by atoms with van der Waals surface area (Å²) in [6.45, 7) is 4.11. The molecule has 6 nitrogen and oxygen atoms in total. The molecule has 1 aliphatic heterocycles. The van der Waals surface area contributed by atoms with Gasteiger partial charge in [0.2, 0.25) is 5.91 Å². The molecule has 27 heavy (non-hydrogen) atoms. The molecule has 1 saturated heterocycles. The van der Waals surface area contributed by atoms with Gasteiger partial charge in [-0.25, -0.2) is 0 Å². The third-order valence-electron chi connectivity index (χ3n) is 4.79. The molecular formula is C20H23N5OS. The van der Waals surface area contributed by atoms with Crippen molar-refractivity contribution in [3.05, 3.63) is 48.7 Å². The summed E-state index contributed by atoms with van der Waals surface area (Å²) in [6, 6.07) is 13.9. The first-order chi connectivity index (χ1) is 13.2. The second kappa shape index (κ2) is 8.00. The lowest BCUT2D eigenvalue weighted by molar-refractivity contribution is -0.115. The number of carbonyl (C=O) groups is 1. The van der Waals surface area contributed by atoms with Crippen LogP contribution in [0.2, 0.25) is 0 Å². The fourth-order valence-electron chi connectivity index (χ4n) is 3.26. The molecule has 1 fully saturated rings. The number of hydrogen-bond donors (Lipinski definition) is 1. The molecular weight excluding hydrogens is 358 g/mol. The minimum atomic E-state index is -0.278. The summed E-state index contributed by atoms with van der Waals surface area (Å²) < 4.78 is 1.89. The molecule has 0 aliphatic carbocycles. The number of benzene rings is 1. The summed E-state index contributed by atoms with van der Waals surface area (Å²) >= 11 is 1.40. The lowest BCUT2D eigenvalue weighted by Gasteiger charge is -2.28. The van der Waals surface area contributed by atoms with Crippen LogP contribution in [0.4, 0.5) is 11.4 Å². The van der Waals surface area contributed by atoms with Gasteiger partial charge in [-0.15, -0.1) is 10.2 Å². The van der Waals surface area contributed by atoms with E-state index in [2.05, 4.69) is 32.5 Å². The van der Waals surface area contributed by atoms with Crippen molar-refractivity contribution in [2.24, 2.45) is 0 Å². The van der Waals surface area contributed by atoms with E-state index < -0.39 is 0 Å². The topological polar surface area (TPSA) is 62.5 Å². The van der Waals surface area contributed by atoms with Crippen LogP contribution in [0.25, 0.3) is 5.65 Å². The summed E-state index contributed by atoms with van der Waals surface area (Å²) in [5.41, 5.74) is 2.82. The van der Waals surface area contributed by atoms with Crippen molar-refractivity contribution in [1.29, 1.82) is 0 Å². The van der Waals surface area contributed by atoms with Crippen molar-refractivity contribution in [3.8, 4) is 0 Å². The van der Waals surface area contributed by atoms with Crippen molar-refractivity contribution >= 4 is 34.7 Å². The Morgan fingerprint density at radius 1 is 1.07 bits per heavy atom. The van der Waals surface area contributed by atoms with Crippen LogP contribution in [0, 0.1) is 0 Å². The number of nitrogens with one attached hydrogen (secondary N) is 1. The Labute approximate surface area is 163 Å². The monoisotopic (exact) mass is 381 g/mol. The van der Waals surface area contributed by atoms with Gasteiger partial charge in [0.15, 0.2) is 10.8 Å². The van der Waals surface area contributed by atoms with Gasteiger partial charge in [0, 0.05) is 30.7 Å². The van der Waals surface area contributed by atoms with Crippen LogP contribution in [-0.2, 0) is 4.79 Å². The summed E-state index contributed by atoms with van der Waals surface area (Å²) in [6.07, 6.45) is 5.73. The minimum Gasteiger partial charge on any atom is -0.372 e. The number of piperidine rings is 1. The minimum absolute atomic E-state index is 0.0431. The van der Waals surface area contributed by atoms with Gasteiger partial charge < -0.3 is 10.2 Å². The molecule has 0 saturated carbocycles. The summed E-state index contributed by atoms with van der Waals surface area (Å²) in [7, 11) is 0. The molecule has 0 spiro atoms. The Morgan fingerprint density at radius 2 is 1.85 bits per heavy atom. The van der Waals surface area contributed by atoms with E-state index in [1.165, 1.54) is 36.7 Å². The van der Waals surface area contributed by atoms with Crippen molar-refractivity contribution in [1.82, 2.24) is 14.6 Å². The van der Waals surface area contributed by atoms with Gasteiger partial charge in [-0.05, 0) is 62.6 Å². The predicted molar refractivity (Wildman–Crippen MR) is 109 cm³/mol. The fraction of sp³-hybridized carbons (Fsp3) is 0.350. The fourth-order valence-corrected chi connectivity index (χ4v) is 4.10. The Hall–Kier alpha value is -2.54. The number of thioether (sulfide) groups is 1. The molecule has 0 radical (unpaired) electrons. The lowest BCUT2D eigenvalue weighted by Crippen LogP contribution is -2.29. The molecule has 140 valence electrons. The highest BCUT2D eigenvalue weighted by Gasteiger charge is 2.18. The number of fused-ring (bicyclic) bond motifs is 1. The standard InChI is InChI=1S/C20H23N5OS/c1-15(27-20-23-22-18-7-3-6-14-25(18)20)19(26)21-16-8-10-17(11-9-16)24-12-4-2-5-13-24/h3,6-11,14-15H,2,4-5,12-13H2,1H3,(H,21,26). The van der Waals surface area contributed by atoms with Crippen LogP contribution < -0.4 is 10.2 Å². The number of pyridine rings is 1. The van der Waals surface area contributed by atoms with Crippen LogP contribution in [0.3, 0.4) is 0 Å². The first-order valence-electron chi connectivity index (χ1n) is 9.33. The zero-order chi connectivity index (χ0) is 18.6. The zero-order valence-corrected chi connectivity index (χ0v) is 16.2. The number of carbonyl (C=O) groups excluding carboxylic acids is 1. The van der Waals surface area contributed by atoms with E-state index in [-0.39, 0.29) is 11.2 Å². The van der Waals surface area contributed by atoms with Crippen molar-refractivity contribution < 1.29 is 4.79 Å². The molecule has 7 heteroatoms. The highest BCUT2D eigenvalue weighted by Crippen LogP contribution is 2.25. The number of anilines is 2. The van der Waals surface area contributed by atoms with E-state index in [1.807, 2.05) is 47.9 Å². The molecule has 3 heterocycles. The van der Waals surface area contributed by atoms with E-state index in [0.29, 0.717) is 5.16 Å². The Kier molecular flexibility index (Phi) is 5.29. The SMILES string of the molecule is CC(Sc1nnc2ccccn12)C(=O)Nc1ccc(N2CCCCC2)cc1. The predicted octanol–water partition coefficient (Wildman–Crippen LogP) is 3.84. The quantitative estimate of drug-likeness (QED) is 0.681. The molecule has 0 bridgehead atoms. The average molecular weight is 382 g/mol. The van der Waals surface area contributed by atoms with Crippen LogP contribution in [-0.4, -0.2) is 38.8 Å². The largest absolute Gasteiger partial charge is 0.372 e. The van der Waals surface area contributed by atoms with E-state index in [1.54, 1.807) is 0 Å². The van der Waals surface area contributed by atoms with Gasteiger partial charge >= 0.3 is 0 Å².